The van der Waals surface area contributed by atoms with Gasteiger partial charge in [-0.3, -0.25) is 4.79 Å². The Kier molecular flexibility index (Phi) is 3.02. The van der Waals surface area contributed by atoms with E-state index in [0.717, 1.165) is 0 Å². The standard InChI is InChI=1S/C6H11N3O4/c1-7-6(10)5-2-4(3-8-5)13-9(11)12/h4-5,8H,2-3H2,1H3,(H,7,10). The summed E-state index contributed by atoms with van der Waals surface area (Å²) in [5.41, 5.74) is 0. The highest BCUT2D eigenvalue weighted by Gasteiger charge is 2.30. The van der Waals surface area contributed by atoms with Crippen LogP contribution in [0, 0.1) is 10.1 Å². The third kappa shape index (κ3) is 2.55. The van der Waals surface area contributed by atoms with Gasteiger partial charge in [-0.1, -0.05) is 0 Å². The third-order valence-electron chi connectivity index (χ3n) is 1.89. The molecule has 0 bridgehead atoms. The van der Waals surface area contributed by atoms with E-state index in [9.17, 15) is 14.9 Å². The van der Waals surface area contributed by atoms with Crippen LogP contribution in [0.5, 0.6) is 0 Å². The topological polar surface area (TPSA) is 93.5 Å². The van der Waals surface area contributed by atoms with E-state index in [1.165, 1.54) is 7.05 Å². The van der Waals surface area contributed by atoms with Gasteiger partial charge in [-0.15, -0.1) is 10.1 Å². The molecule has 0 aromatic heterocycles. The zero-order chi connectivity index (χ0) is 9.84. The van der Waals surface area contributed by atoms with E-state index in [1.54, 1.807) is 0 Å². The molecule has 7 heteroatoms. The van der Waals surface area contributed by atoms with Crippen molar-refractivity contribution in [2.24, 2.45) is 0 Å². The van der Waals surface area contributed by atoms with E-state index >= 15 is 0 Å². The summed E-state index contributed by atoms with van der Waals surface area (Å²) < 4.78 is 0. The van der Waals surface area contributed by atoms with Gasteiger partial charge in [0.25, 0.3) is 5.09 Å². The summed E-state index contributed by atoms with van der Waals surface area (Å²) >= 11 is 0. The van der Waals surface area contributed by atoms with Crippen LogP contribution in [0.1, 0.15) is 6.42 Å². The second-order valence-corrected chi connectivity index (χ2v) is 2.76. The van der Waals surface area contributed by atoms with E-state index < -0.39 is 11.2 Å². The minimum atomic E-state index is -0.835. The van der Waals surface area contributed by atoms with Crippen LogP contribution in [0.15, 0.2) is 0 Å². The zero-order valence-corrected chi connectivity index (χ0v) is 7.15. The molecule has 1 saturated heterocycles. The Morgan fingerprint density at radius 2 is 2.46 bits per heavy atom. The summed E-state index contributed by atoms with van der Waals surface area (Å²) in [6, 6.07) is -0.380. The van der Waals surface area contributed by atoms with E-state index in [0.29, 0.717) is 13.0 Å². The fraction of sp³-hybridized carbons (Fsp3) is 0.833. The van der Waals surface area contributed by atoms with Gasteiger partial charge in [-0.2, -0.15) is 0 Å². The highest BCUT2D eigenvalue weighted by atomic mass is 17.0. The van der Waals surface area contributed by atoms with Crippen LogP contribution in [0.25, 0.3) is 0 Å². The maximum atomic E-state index is 11.0. The lowest BCUT2D eigenvalue weighted by Gasteiger charge is -2.07. The van der Waals surface area contributed by atoms with Crippen molar-refractivity contribution in [1.29, 1.82) is 0 Å². The molecule has 0 saturated carbocycles. The Morgan fingerprint density at radius 1 is 1.77 bits per heavy atom. The van der Waals surface area contributed by atoms with Gasteiger partial charge in [-0.05, 0) is 6.42 Å². The van der Waals surface area contributed by atoms with Crippen molar-refractivity contribution < 1.29 is 14.7 Å². The highest BCUT2D eigenvalue weighted by Crippen LogP contribution is 2.10. The minimum Gasteiger partial charge on any atom is -0.358 e. The lowest BCUT2D eigenvalue weighted by Crippen LogP contribution is -2.38. The fourth-order valence-corrected chi connectivity index (χ4v) is 1.28. The number of carbonyl (C=O) groups excluding carboxylic acids is 1. The number of nitrogens with zero attached hydrogens (tertiary/aromatic N) is 1. The first-order valence-corrected chi connectivity index (χ1v) is 3.89. The van der Waals surface area contributed by atoms with Crippen molar-refractivity contribution in [3.8, 4) is 0 Å². The predicted molar refractivity (Wildman–Crippen MR) is 42.3 cm³/mol. The molecule has 2 atom stereocenters. The molecule has 1 aliphatic rings. The van der Waals surface area contributed by atoms with Crippen LogP contribution in [-0.2, 0) is 9.63 Å². The molecule has 13 heavy (non-hydrogen) atoms. The lowest BCUT2D eigenvalue weighted by molar-refractivity contribution is -0.767. The summed E-state index contributed by atoms with van der Waals surface area (Å²) in [7, 11) is 1.52. The number of hydrogen-bond acceptors (Lipinski definition) is 5. The van der Waals surface area contributed by atoms with E-state index in [2.05, 4.69) is 15.5 Å². The van der Waals surface area contributed by atoms with Gasteiger partial charge in [0.2, 0.25) is 5.91 Å². The molecular formula is C6H11N3O4. The van der Waals surface area contributed by atoms with Gasteiger partial charge in [0.15, 0.2) is 0 Å². The summed E-state index contributed by atoms with van der Waals surface area (Å²) in [5.74, 6) is -0.172. The number of amides is 1. The molecule has 0 aromatic rings. The Balaban J connectivity index is 2.36. The van der Waals surface area contributed by atoms with Crippen molar-refractivity contribution in [2.75, 3.05) is 13.6 Å². The molecule has 1 heterocycles. The Morgan fingerprint density at radius 3 is 3.00 bits per heavy atom. The molecule has 1 aliphatic heterocycles. The number of rotatable bonds is 3. The molecule has 7 nitrogen and oxygen atoms in total. The van der Waals surface area contributed by atoms with Crippen molar-refractivity contribution in [2.45, 2.75) is 18.6 Å². The number of hydrogen-bond donors (Lipinski definition) is 2. The van der Waals surface area contributed by atoms with Crippen LogP contribution in [-0.4, -0.2) is 36.7 Å². The molecule has 1 rings (SSSR count). The molecule has 1 fully saturated rings. The lowest BCUT2D eigenvalue weighted by atomic mass is 10.2. The smallest absolute Gasteiger partial charge is 0.294 e. The molecule has 0 aromatic carbocycles. The van der Waals surface area contributed by atoms with Crippen molar-refractivity contribution in [3.05, 3.63) is 10.1 Å². The van der Waals surface area contributed by atoms with Crippen LogP contribution in [0.3, 0.4) is 0 Å². The Bertz CT molecular complexity index is 220. The van der Waals surface area contributed by atoms with Crippen LogP contribution < -0.4 is 10.6 Å². The van der Waals surface area contributed by atoms with Crippen molar-refractivity contribution >= 4 is 5.91 Å². The van der Waals surface area contributed by atoms with Crippen molar-refractivity contribution in [1.82, 2.24) is 10.6 Å². The number of likely N-dealkylation sites (N-methyl/N-ethyl adjacent to an activating group) is 1. The number of nitrogens with one attached hydrogen (secondary N) is 2. The number of carbonyl (C=O) groups is 1. The van der Waals surface area contributed by atoms with Crippen LogP contribution >= 0.6 is 0 Å². The minimum absolute atomic E-state index is 0.172. The van der Waals surface area contributed by atoms with Gasteiger partial charge in [0, 0.05) is 13.6 Å². The van der Waals surface area contributed by atoms with Gasteiger partial charge >= 0.3 is 0 Å². The van der Waals surface area contributed by atoms with E-state index in [1.807, 2.05) is 0 Å². The average Bonchev–Trinajstić information content (AvgIpc) is 2.50. The maximum absolute atomic E-state index is 11.0. The third-order valence-corrected chi connectivity index (χ3v) is 1.89. The Hall–Kier alpha value is -1.37. The van der Waals surface area contributed by atoms with E-state index in [4.69, 9.17) is 0 Å². The summed E-state index contributed by atoms with van der Waals surface area (Å²) in [6.07, 6.45) is -0.182. The second kappa shape index (κ2) is 4.04. The molecule has 1 amide bonds. The van der Waals surface area contributed by atoms with Crippen LogP contribution in [0.2, 0.25) is 0 Å². The molecule has 0 aliphatic carbocycles. The first-order chi connectivity index (χ1) is 6.13. The quantitative estimate of drug-likeness (QED) is 0.424. The molecule has 0 radical (unpaired) electrons. The summed E-state index contributed by atoms with van der Waals surface area (Å²) in [4.78, 5) is 25.3. The molecule has 2 N–H and O–H groups in total. The first kappa shape index (κ1) is 9.72. The first-order valence-electron chi connectivity index (χ1n) is 3.89. The van der Waals surface area contributed by atoms with Gasteiger partial charge in [0.1, 0.15) is 6.10 Å². The Labute approximate surface area is 74.5 Å². The molecular weight excluding hydrogens is 178 g/mol. The summed E-state index contributed by atoms with van der Waals surface area (Å²) in [6.45, 7) is 0.332. The fourth-order valence-electron chi connectivity index (χ4n) is 1.28. The average molecular weight is 189 g/mol. The normalized spacial score (nSPS) is 26.8. The van der Waals surface area contributed by atoms with Gasteiger partial charge in [-0.25, -0.2) is 0 Å². The highest BCUT2D eigenvalue weighted by molar-refractivity contribution is 5.81. The van der Waals surface area contributed by atoms with Gasteiger partial charge in [0.05, 0.1) is 6.04 Å². The monoisotopic (exact) mass is 189 g/mol. The second-order valence-electron chi connectivity index (χ2n) is 2.76. The maximum Gasteiger partial charge on any atom is 0.294 e. The predicted octanol–water partition coefficient (Wildman–Crippen LogP) is -1.33. The largest absolute Gasteiger partial charge is 0.358 e. The van der Waals surface area contributed by atoms with Gasteiger partial charge < -0.3 is 15.5 Å². The SMILES string of the molecule is CNC(=O)C1CC(O[N+](=O)[O-])CN1. The van der Waals surface area contributed by atoms with E-state index in [-0.39, 0.29) is 11.9 Å². The van der Waals surface area contributed by atoms with Crippen LogP contribution in [0.4, 0.5) is 0 Å². The summed E-state index contributed by atoms with van der Waals surface area (Å²) in [5, 5.41) is 14.4. The molecule has 2 unspecified atom stereocenters. The molecule has 74 valence electrons. The molecule has 0 spiro atoms. The van der Waals surface area contributed by atoms with Crippen molar-refractivity contribution in [3.63, 3.8) is 0 Å². The zero-order valence-electron chi connectivity index (χ0n) is 7.15.